The van der Waals surface area contributed by atoms with Crippen LogP contribution in [0.25, 0.3) is 11.4 Å². The van der Waals surface area contributed by atoms with Gasteiger partial charge in [-0.25, -0.2) is 9.97 Å². The van der Waals surface area contributed by atoms with E-state index >= 15 is 0 Å². The maximum atomic E-state index is 14.0. The van der Waals surface area contributed by atoms with Crippen molar-refractivity contribution in [1.82, 2.24) is 55.7 Å². The molecule has 5 heterocycles. The van der Waals surface area contributed by atoms with Crippen LogP contribution in [0, 0.1) is 16.7 Å². The molecule has 21 heteroatoms. The number of aliphatic hydroxyl groups is 1. The molecular weight excluding hydrogens is 945 g/mol. The molecule has 5 amide bonds. The van der Waals surface area contributed by atoms with Crippen LogP contribution in [-0.2, 0) is 32.8 Å². The van der Waals surface area contributed by atoms with Crippen molar-refractivity contribution in [3.05, 3.63) is 95.6 Å². The van der Waals surface area contributed by atoms with E-state index in [-0.39, 0.29) is 49.4 Å². The fourth-order valence-electron chi connectivity index (χ4n) is 9.22. The molecular formula is C53H66N14O7. The lowest BCUT2D eigenvalue weighted by Gasteiger charge is -2.35. The van der Waals surface area contributed by atoms with E-state index < -0.39 is 41.3 Å². The van der Waals surface area contributed by atoms with Crippen LogP contribution in [0.15, 0.2) is 73.2 Å². The van der Waals surface area contributed by atoms with Crippen LogP contribution in [0.1, 0.15) is 112 Å². The summed E-state index contributed by atoms with van der Waals surface area (Å²) in [6.45, 7) is 7.02. The largest absolute Gasteiger partial charge is 0.494 e. The van der Waals surface area contributed by atoms with Gasteiger partial charge in [0, 0.05) is 71.8 Å². The molecule has 0 saturated carbocycles. The van der Waals surface area contributed by atoms with Gasteiger partial charge in [-0.2, -0.15) is 10.4 Å². The maximum absolute atomic E-state index is 14.0. The number of amides is 5. The van der Waals surface area contributed by atoms with Crippen molar-refractivity contribution in [1.29, 1.82) is 5.26 Å². The van der Waals surface area contributed by atoms with Crippen LogP contribution >= 0.6 is 0 Å². The van der Waals surface area contributed by atoms with Gasteiger partial charge in [0.15, 0.2) is 23.1 Å². The first-order chi connectivity index (χ1) is 35.5. The van der Waals surface area contributed by atoms with Gasteiger partial charge in [0.05, 0.1) is 41.8 Å². The number of nitriles is 1. The molecule has 3 atom stereocenters. The molecule has 2 saturated heterocycles. The van der Waals surface area contributed by atoms with E-state index in [0.717, 1.165) is 36.8 Å². The van der Waals surface area contributed by atoms with Gasteiger partial charge < -0.3 is 46.2 Å². The number of nitrogens with one attached hydrogen (secondary N) is 5. The normalized spacial score (nSPS) is 16.2. The molecule has 2 aliphatic rings. The van der Waals surface area contributed by atoms with Gasteiger partial charge in [0.25, 0.3) is 5.91 Å². The van der Waals surface area contributed by atoms with Gasteiger partial charge in [-0.3, -0.25) is 28.7 Å². The van der Waals surface area contributed by atoms with Gasteiger partial charge in [0.2, 0.25) is 23.6 Å². The average Bonchev–Trinajstić information content (AvgIpc) is 4.02. The van der Waals surface area contributed by atoms with Gasteiger partial charge in [-0.05, 0) is 78.5 Å². The van der Waals surface area contributed by atoms with Crippen LogP contribution in [0.2, 0.25) is 0 Å². The lowest BCUT2D eigenvalue weighted by molar-refractivity contribution is -0.144. The third kappa shape index (κ3) is 13.7. The van der Waals surface area contributed by atoms with Crippen molar-refractivity contribution in [3.8, 4) is 23.2 Å². The Labute approximate surface area is 430 Å². The first kappa shape index (κ1) is 53.8. The number of methoxy groups -OCH3 is 1. The number of β-amino-alcohol motifs (C(OH)–C–C–N with tert-alkyl or cyclic N) is 1. The van der Waals surface area contributed by atoms with Crippen LogP contribution < -0.4 is 31.3 Å². The number of unbranched alkanes of at least 4 members (excludes halogenated alkanes) is 3. The van der Waals surface area contributed by atoms with Gasteiger partial charge in [-0.15, -0.1) is 10.2 Å². The maximum Gasteiger partial charge on any atom is 0.273 e. The Bertz CT molecular complexity index is 2820. The number of hydrogen-bond acceptors (Lipinski definition) is 15. The highest BCUT2D eigenvalue weighted by Crippen LogP contribution is 2.37. The zero-order chi connectivity index (χ0) is 52.9. The first-order valence-electron chi connectivity index (χ1n) is 25.0. The summed E-state index contributed by atoms with van der Waals surface area (Å²) in [7, 11) is 4.85. The van der Waals surface area contributed by atoms with Crippen molar-refractivity contribution in [2.45, 2.75) is 109 Å². The molecule has 5 aromatic rings. The topological polar surface area (TPSA) is 275 Å². The molecule has 2 aliphatic heterocycles. The summed E-state index contributed by atoms with van der Waals surface area (Å²) in [6, 6.07) is 18.1. The number of nitrogens with zero attached hydrogens (tertiary/aromatic N) is 9. The van der Waals surface area contributed by atoms with E-state index in [4.69, 9.17) is 10.00 Å². The fraction of sp³-hybridized carbons (Fsp3) is 0.453. The number of hydrogen-bond donors (Lipinski definition) is 6. The van der Waals surface area contributed by atoms with Gasteiger partial charge in [-0.1, -0.05) is 57.9 Å². The molecule has 1 unspecified atom stereocenters. The fourth-order valence-corrected chi connectivity index (χ4v) is 9.22. The van der Waals surface area contributed by atoms with Crippen molar-refractivity contribution >= 4 is 52.5 Å². The highest BCUT2D eigenvalue weighted by Gasteiger charge is 2.44. The number of benzene rings is 2. The summed E-state index contributed by atoms with van der Waals surface area (Å²) in [6.07, 6.45) is 7.71. The molecule has 3 aromatic heterocycles. The molecule has 0 spiro atoms. The number of pyridine rings is 1. The molecule has 0 radical (unpaired) electrons. The Morgan fingerprint density at radius 1 is 0.905 bits per heavy atom. The molecule has 21 nitrogen and oxygen atoms in total. The van der Waals surface area contributed by atoms with Crippen molar-refractivity contribution < 1.29 is 33.8 Å². The second kappa shape index (κ2) is 24.6. The minimum atomic E-state index is -0.915. The van der Waals surface area contributed by atoms with E-state index in [0.29, 0.717) is 78.1 Å². The van der Waals surface area contributed by atoms with Crippen LogP contribution in [0.4, 0.5) is 23.0 Å². The first-order valence-corrected chi connectivity index (χ1v) is 25.0. The molecule has 6 N–H and O–H groups in total. The molecule has 390 valence electrons. The van der Waals surface area contributed by atoms with E-state index in [1.807, 2.05) is 62.2 Å². The second-order valence-corrected chi connectivity index (χ2v) is 19.8. The number of aliphatic hydroxyl groups excluding tert-OH is 1. The summed E-state index contributed by atoms with van der Waals surface area (Å²) in [5.41, 5.74) is 3.38. The Balaban J connectivity index is 0.828. The Morgan fingerprint density at radius 3 is 2.30 bits per heavy atom. The number of carbonyl (C=O) groups is 5. The predicted molar refractivity (Wildman–Crippen MR) is 276 cm³/mol. The van der Waals surface area contributed by atoms with Crippen molar-refractivity contribution in [2.75, 3.05) is 44.4 Å². The standard InChI is InChI=1S/C53H66N14O7/c1-53(2,3)48(52(73)67-31-37(68)26-41(67)50(71)57-29-34-18-16-33(28-54)17-19-34)61-44(69)14-9-7-8-10-15-45(70)66-24-22-35(23-25-66)36-20-21-42(56-30-36)60-43-27-40(46(63-62-43)51(72)55-4)59-39-13-11-12-38(47(39)74-6)49-58-32-65(5)64-49/h11-13,16-21,27,30,32,35,37,41,48,68H,7-10,14-15,22-26,29,31H2,1-6H3,(H,55,72)(H,57,71)(H,61,69)(H2,56,59,60,62)/t37-,41+,48?/m1/s1. The van der Waals surface area contributed by atoms with Gasteiger partial charge in [0.1, 0.15) is 24.2 Å². The summed E-state index contributed by atoms with van der Waals surface area (Å²) in [5.74, 6) is 0.691. The zero-order valence-electron chi connectivity index (χ0n) is 42.9. The van der Waals surface area contributed by atoms with E-state index in [9.17, 15) is 29.1 Å². The summed E-state index contributed by atoms with van der Waals surface area (Å²) >= 11 is 0. The lowest BCUT2D eigenvalue weighted by Crippen LogP contribution is -2.57. The average molecular weight is 1010 g/mol. The molecule has 0 aliphatic carbocycles. The summed E-state index contributed by atoms with van der Waals surface area (Å²) in [4.78, 5) is 78.8. The third-order valence-electron chi connectivity index (χ3n) is 13.3. The number of ether oxygens (including phenoxy) is 1. The highest BCUT2D eigenvalue weighted by atomic mass is 16.5. The SMILES string of the molecule is CNC(=O)c1nnc(Nc2ccc(C3CCN(C(=O)CCCCCCC(=O)NC(C(=O)N4C[C@H](O)C[C@H]4C(=O)NCc4ccc(C#N)cc4)C(C)(C)C)CC3)cn2)cc1Nc1cccc(-c2ncn(C)n2)c1OC. The smallest absolute Gasteiger partial charge is 0.273 e. The highest BCUT2D eigenvalue weighted by molar-refractivity contribution is 5.99. The molecule has 7 rings (SSSR count). The second-order valence-electron chi connectivity index (χ2n) is 19.8. The van der Waals surface area contributed by atoms with Crippen molar-refractivity contribution in [2.24, 2.45) is 12.5 Å². The van der Waals surface area contributed by atoms with E-state index in [1.165, 1.54) is 11.9 Å². The number of carbonyl (C=O) groups excluding carboxylic acids is 5. The Kier molecular flexibility index (Phi) is 17.9. The number of rotatable bonds is 20. The number of likely N-dealkylation sites (tertiary alicyclic amines) is 2. The molecule has 2 fully saturated rings. The quantitative estimate of drug-likeness (QED) is 0.0544. The van der Waals surface area contributed by atoms with E-state index in [1.54, 1.807) is 55.5 Å². The van der Waals surface area contributed by atoms with E-state index in [2.05, 4.69) is 57.9 Å². The Morgan fingerprint density at radius 2 is 1.65 bits per heavy atom. The number of aryl methyl sites for hydroxylation is 1. The van der Waals surface area contributed by atoms with Gasteiger partial charge >= 0.3 is 0 Å². The molecule has 0 bridgehead atoms. The minimum Gasteiger partial charge on any atom is -0.494 e. The molecule has 74 heavy (non-hydrogen) atoms. The zero-order valence-corrected chi connectivity index (χ0v) is 42.9. The number of anilines is 4. The van der Waals surface area contributed by atoms with Crippen LogP contribution in [-0.4, -0.2) is 126 Å². The predicted octanol–water partition coefficient (Wildman–Crippen LogP) is 5.25. The summed E-state index contributed by atoms with van der Waals surface area (Å²) in [5, 5.41) is 47.3. The summed E-state index contributed by atoms with van der Waals surface area (Å²) < 4.78 is 7.36. The third-order valence-corrected chi connectivity index (χ3v) is 13.3. The molecule has 2 aromatic carbocycles. The lowest BCUT2D eigenvalue weighted by atomic mass is 9.85. The minimum absolute atomic E-state index is 0.0173. The number of para-hydroxylation sites is 1. The Hall–Kier alpha value is -7.99. The van der Waals surface area contributed by atoms with Crippen molar-refractivity contribution in [3.63, 3.8) is 0 Å². The van der Waals surface area contributed by atoms with Crippen LogP contribution in [0.5, 0.6) is 5.75 Å². The number of aromatic nitrogens is 6. The monoisotopic (exact) mass is 1010 g/mol. The van der Waals surface area contributed by atoms with Crippen LogP contribution in [0.3, 0.4) is 0 Å². The number of piperidine rings is 1.